The molecule has 0 aromatic heterocycles. The Morgan fingerprint density at radius 3 is 2.86 bits per heavy atom. The van der Waals surface area contributed by atoms with E-state index in [1.165, 1.54) is 12.1 Å². The molecule has 0 spiro atoms. The Morgan fingerprint density at radius 1 is 1.57 bits per heavy atom. The van der Waals surface area contributed by atoms with E-state index in [-0.39, 0.29) is 17.9 Å². The number of nitrogens with two attached hydrogens (primary N) is 2. The second-order valence-electron chi connectivity index (χ2n) is 2.57. The van der Waals surface area contributed by atoms with Gasteiger partial charge in [-0.15, -0.1) is 0 Å². The van der Waals surface area contributed by atoms with Crippen molar-refractivity contribution < 1.29 is 9.53 Å². The van der Waals surface area contributed by atoms with Gasteiger partial charge in [0, 0.05) is 11.8 Å². The van der Waals surface area contributed by atoms with Gasteiger partial charge in [-0.1, -0.05) is 0 Å². The molecule has 1 aromatic carbocycles. The molecule has 0 aliphatic rings. The van der Waals surface area contributed by atoms with E-state index in [9.17, 15) is 4.79 Å². The molecule has 0 saturated heterocycles. The average molecular weight is 191 g/mol. The predicted octanol–water partition coefficient (Wildman–Crippen LogP) is 0.270. The van der Waals surface area contributed by atoms with Crippen molar-refractivity contribution in [1.29, 1.82) is 5.26 Å². The lowest BCUT2D eigenvalue weighted by Crippen LogP contribution is -2.13. The van der Waals surface area contributed by atoms with E-state index in [0.717, 1.165) is 0 Å². The van der Waals surface area contributed by atoms with Gasteiger partial charge in [0.05, 0.1) is 5.56 Å². The number of hydrogen-bond acceptors (Lipinski definition) is 4. The van der Waals surface area contributed by atoms with Crippen LogP contribution >= 0.6 is 0 Å². The van der Waals surface area contributed by atoms with Crippen molar-refractivity contribution in [2.24, 2.45) is 5.73 Å². The van der Waals surface area contributed by atoms with E-state index < -0.39 is 5.91 Å². The van der Waals surface area contributed by atoms with E-state index in [2.05, 4.69) is 0 Å². The number of nitrogen functional groups attached to an aromatic ring is 1. The smallest absolute Gasteiger partial charge is 0.252 e. The number of primary amides is 1. The van der Waals surface area contributed by atoms with Gasteiger partial charge in [-0.3, -0.25) is 4.79 Å². The summed E-state index contributed by atoms with van der Waals surface area (Å²) < 4.78 is 4.99. The summed E-state index contributed by atoms with van der Waals surface area (Å²) in [5.74, 6) is -0.378. The molecule has 0 radical (unpaired) electrons. The summed E-state index contributed by atoms with van der Waals surface area (Å²) in [5, 5.41) is 8.30. The second-order valence-corrected chi connectivity index (χ2v) is 2.57. The Labute approximate surface area is 80.9 Å². The van der Waals surface area contributed by atoms with Crippen LogP contribution in [0.5, 0.6) is 5.75 Å². The van der Waals surface area contributed by atoms with Crippen molar-refractivity contribution in [3.63, 3.8) is 0 Å². The van der Waals surface area contributed by atoms with Crippen LogP contribution in [0.3, 0.4) is 0 Å². The Hall–Kier alpha value is -2.22. The number of carbonyl (C=O) groups excluding carboxylic acids is 1. The monoisotopic (exact) mass is 191 g/mol. The normalized spacial score (nSPS) is 9.07. The van der Waals surface area contributed by atoms with Gasteiger partial charge < -0.3 is 16.2 Å². The lowest BCUT2D eigenvalue weighted by molar-refractivity contribution is 0.0997. The molecule has 0 atom stereocenters. The third-order valence-corrected chi connectivity index (χ3v) is 1.56. The van der Waals surface area contributed by atoms with Gasteiger partial charge in [0.25, 0.3) is 5.91 Å². The number of nitriles is 1. The van der Waals surface area contributed by atoms with Crippen LogP contribution in [-0.4, -0.2) is 12.5 Å². The van der Waals surface area contributed by atoms with Crippen LogP contribution in [0.1, 0.15) is 10.4 Å². The second kappa shape index (κ2) is 4.14. The van der Waals surface area contributed by atoms with Gasteiger partial charge >= 0.3 is 0 Å². The molecule has 0 aliphatic carbocycles. The summed E-state index contributed by atoms with van der Waals surface area (Å²) in [4.78, 5) is 10.9. The van der Waals surface area contributed by atoms with Gasteiger partial charge in [-0.05, 0) is 12.1 Å². The minimum atomic E-state index is -0.613. The highest BCUT2D eigenvalue weighted by Crippen LogP contribution is 2.21. The van der Waals surface area contributed by atoms with Crippen molar-refractivity contribution in [2.75, 3.05) is 12.3 Å². The number of nitrogens with zero attached hydrogens (tertiary/aromatic N) is 1. The fourth-order valence-corrected chi connectivity index (χ4v) is 0.972. The van der Waals surface area contributed by atoms with Crippen molar-refractivity contribution in [2.45, 2.75) is 0 Å². The Morgan fingerprint density at radius 2 is 2.29 bits per heavy atom. The minimum absolute atomic E-state index is 0.149. The van der Waals surface area contributed by atoms with Crippen LogP contribution in [0, 0.1) is 11.3 Å². The molecule has 72 valence electrons. The van der Waals surface area contributed by atoms with Gasteiger partial charge in [0.1, 0.15) is 11.8 Å². The Bertz CT molecular complexity index is 396. The summed E-state index contributed by atoms with van der Waals surface area (Å²) in [7, 11) is 0. The van der Waals surface area contributed by atoms with E-state index in [1.807, 2.05) is 0 Å². The molecule has 1 aromatic rings. The number of amides is 1. The number of benzene rings is 1. The van der Waals surface area contributed by atoms with Gasteiger partial charge in [0.2, 0.25) is 0 Å². The quantitative estimate of drug-likeness (QED) is 0.669. The predicted molar refractivity (Wildman–Crippen MR) is 50.5 cm³/mol. The molecule has 4 N–H and O–H groups in total. The number of carbonyl (C=O) groups is 1. The highest BCUT2D eigenvalue weighted by molar-refractivity contribution is 5.96. The largest absolute Gasteiger partial charge is 0.478 e. The van der Waals surface area contributed by atoms with E-state index in [0.29, 0.717) is 5.69 Å². The third-order valence-electron chi connectivity index (χ3n) is 1.56. The maximum atomic E-state index is 10.9. The van der Waals surface area contributed by atoms with Crippen LogP contribution in [-0.2, 0) is 0 Å². The maximum absolute atomic E-state index is 10.9. The molecule has 14 heavy (non-hydrogen) atoms. The Kier molecular flexibility index (Phi) is 2.92. The van der Waals surface area contributed by atoms with Crippen LogP contribution in [0.2, 0.25) is 0 Å². The lowest BCUT2D eigenvalue weighted by Gasteiger charge is -2.06. The molecule has 5 nitrogen and oxygen atoms in total. The molecular formula is C9H9N3O2. The fourth-order valence-electron chi connectivity index (χ4n) is 0.972. The molecule has 0 aliphatic heterocycles. The van der Waals surface area contributed by atoms with Crippen molar-refractivity contribution in [3.8, 4) is 11.8 Å². The standard InChI is InChI=1S/C9H9N3O2/c10-3-4-14-8-5-6(11)1-2-7(8)9(12)13/h1-2,5H,4,11H2,(H2,12,13). The SMILES string of the molecule is N#CCOc1cc(N)ccc1C(N)=O. The molecule has 0 unspecified atom stereocenters. The number of rotatable bonds is 3. The summed E-state index contributed by atoms with van der Waals surface area (Å²) in [6.45, 7) is -0.149. The van der Waals surface area contributed by atoms with Gasteiger partial charge in [-0.2, -0.15) is 5.26 Å². The molecule has 0 heterocycles. The van der Waals surface area contributed by atoms with E-state index >= 15 is 0 Å². The van der Waals surface area contributed by atoms with Crippen molar-refractivity contribution in [3.05, 3.63) is 23.8 Å². The van der Waals surface area contributed by atoms with E-state index in [4.69, 9.17) is 21.5 Å². The zero-order chi connectivity index (χ0) is 10.6. The zero-order valence-electron chi connectivity index (χ0n) is 7.36. The first-order valence-electron chi connectivity index (χ1n) is 3.84. The van der Waals surface area contributed by atoms with Crippen LogP contribution in [0.15, 0.2) is 18.2 Å². The lowest BCUT2D eigenvalue weighted by atomic mass is 10.2. The third kappa shape index (κ3) is 2.14. The molecule has 5 heteroatoms. The van der Waals surface area contributed by atoms with Crippen LogP contribution in [0.4, 0.5) is 5.69 Å². The minimum Gasteiger partial charge on any atom is -0.478 e. The van der Waals surface area contributed by atoms with Crippen molar-refractivity contribution >= 4 is 11.6 Å². The summed E-state index contributed by atoms with van der Waals surface area (Å²) in [6, 6.07) is 6.25. The van der Waals surface area contributed by atoms with Crippen LogP contribution in [0.25, 0.3) is 0 Å². The highest BCUT2D eigenvalue weighted by atomic mass is 16.5. The molecule has 0 fully saturated rings. The maximum Gasteiger partial charge on any atom is 0.252 e. The zero-order valence-corrected chi connectivity index (χ0v) is 7.36. The fraction of sp³-hybridized carbons (Fsp3) is 0.111. The van der Waals surface area contributed by atoms with Gasteiger partial charge in [0.15, 0.2) is 6.61 Å². The number of ether oxygens (including phenoxy) is 1. The first-order chi connectivity index (χ1) is 6.65. The first kappa shape index (κ1) is 9.86. The topological polar surface area (TPSA) is 102 Å². The summed E-state index contributed by atoms with van der Waals surface area (Å²) in [6.07, 6.45) is 0. The average Bonchev–Trinajstić information content (AvgIpc) is 2.14. The summed E-state index contributed by atoms with van der Waals surface area (Å²) in [5.41, 5.74) is 11.2. The van der Waals surface area contributed by atoms with Crippen molar-refractivity contribution in [1.82, 2.24) is 0 Å². The molecular weight excluding hydrogens is 182 g/mol. The number of hydrogen-bond donors (Lipinski definition) is 2. The molecule has 1 rings (SSSR count). The summed E-state index contributed by atoms with van der Waals surface area (Å²) >= 11 is 0. The molecule has 1 amide bonds. The number of anilines is 1. The molecule has 0 bridgehead atoms. The van der Waals surface area contributed by atoms with E-state index in [1.54, 1.807) is 12.1 Å². The molecule has 0 saturated carbocycles. The van der Waals surface area contributed by atoms with Gasteiger partial charge in [-0.25, -0.2) is 0 Å². The Balaban J connectivity index is 3.04. The first-order valence-corrected chi connectivity index (χ1v) is 3.84. The highest BCUT2D eigenvalue weighted by Gasteiger charge is 2.09. The van der Waals surface area contributed by atoms with Crippen LogP contribution < -0.4 is 16.2 Å².